The highest BCUT2D eigenvalue weighted by molar-refractivity contribution is 6.06. The molecule has 0 radical (unpaired) electrons. The first kappa shape index (κ1) is 17.8. The lowest BCUT2D eigenvalue weighted by molar-refractivity contribution is -0.141. The van der Waals surface area contributed by atoms with Gasteiger partial charge in [0.15, 0.2) is 0 Å². The average molecular weight is 354 g/mol. The van der Waals surface area contributed by atoms with Crippen LogP contribution in [-0.4, -0.2) is 43.9 Å². The molecule has 0 spiro atoms. The van der Waals surface area contributed by atoms with Gasteiger partial charge in [-0.2, -0.15) is 0 Å². The van der Waals surface area contributed by atoms with E-state index < -0.39 is 6.10 Å². The molecule has 1 heterocycles. The van der Waals surface area contributed by atoms with Crippen molar-refractivity contribution < 1.29 is 19.1 Å². The highest BCUT2D eigenvalue weighted by Crippen LogP contribution is 2.29. The van der Waals surface area contributed by atoms with Crippen LogP contribution in [-0.2, 0) is 16.2 Å². The number of likely N-dealkylation sites (N-methyl/N-ethyl adjacent to an activating group) is 1. The maximum atomic E-state index is 12.7. The second-order valence-corrected chi connectivity index (χ2v) is 6.08. The molecule has 0 aliphatic carbocycles. The number of oxime groups is 1. The van der Waals surface area contributed by atoms with Crippen LogP contribution in [0.2, 0.25) is 0 Å². The van der Waals surface area contributed by atoms with E-state index in [9.17, 15) is 4.79 Å². The van der Waals surface area contributed by atoms with Gasteiger partial charge in [-0.1, -0.05) is 35.5 Å². The maximum absolute atomic E-state index is 12.7. The van der Waals surface area contributed by atoms with Gasteiger partial charge in [0.05, 0.1) is 19.9 Å². The molecule has 0 unspecified atom stereocenters. The summed E-state index contributed by atoms with van der Waals surface area (Å²) in [4.78, 5) is 19.7. The predicted molar refractivity (Wildman–Crippen MR) is 98.5 cm³/mol. The van der Waals surface area contributed by atoms with Crippen molar-refractivity contribution in [3.8, 4) is 11.5 Å². The van der Waals surface area contributed by atoms with Crippen LogP contribution in [0.25, 0.3) is 0 Å². The van der Waals surface area contributed by atoms with Gasteiger partial charge in [-0.3, -0.25) is 4.79 Å². The van der Waals surface area contributed by atoms with Crippen LogP contribution in [0.4, 0.5) is 0 Å². The van der Waals surface area contributed by atoms with Crippen molar-refractivity contribution in [3.63, 3.8) is 0 Å². The third kappa shape index (κ3) is 3.79. The summed E-state index contributed by atoms with van der Waals surface area (Å²) in [5.41, 5.74) is 2.51. The molecule has 1 atom stereocenters. The molecule has 0 fully saturated rings. The fourth-order valence-corrected chi connectivity index (χ4v) is 2.89. The number of hydrogen-bond donors (Lipinski definition) is 0. The normalized spacial score (nSPS) is 15.8. The molecule has 0 bridgehead atoms. The quantitative estimate of drug-likeness (QED) is 0.800. The Morgan fingerprint density at radius 1 is 1.19 bits per heavy atom. The molecule has 0 saturated carbocycles. The third-order valence-electron chi connectivity index (χ3n) is 4.30. The summed E-state index contributed by atoms with van der Waals surface area (Å²) in [6.45, 7) is 0.525. The molecule has 2 aromatic carbocycles. The number of nitrogens with zero attached hydrogens (tertiary/aromatic N) is 2. The first-order valence-corrected chi connectivity index (χ1v) is 8.36. The zero-order chi connectivity index (χ0) is 18.5. The summed E-state index contributed by atoms with van der Waals surface area (Å²) in [5, 5.41) is 4.12. The number of ether oxygens (including phenoxy) is 2. The Labute approximate surface area is 153 Å². The van der Waals surface area contributed by atoms with Crippen LogP contribution in [0.3, 0.4) is 0 Å². The van der Waals surface area contributed by atoms with Crippen molar-refractivity contribution >= 4 is 11.6 Å². The first-order valence-electron chi connectivity index (χ1n) is 8.36. The fourth-order valence-electron chi connectivity index (χ4n) is 2.89. The zero-order valence-electron chi connectivity index (χ0n) is 15.1. The SMILES string of the molecule is COc1ccc(OC)c(C2=NO[C@H](C(=O)N(C)Cc3ccccc3)C2)c1. The molecule has 2 aromatic rings. The fraction of sp³-hybridized carbons (Fsp3) is 0.300. The lowest BCUT2D eigenvalue weighted by Crippen LogP contribution is -2.36. The van der Waals surface area contributed by atoms with Crippen molar-refractivity contribution in [2.75, 3.05) is 21.3 Å². The minimum absolute atomic E-state index is 0.102. The topological polar surface area (TPSA) is 60.4 Å². The Morgan fingerprint density at radius 3 is 2.65 bits per heavy atom. The average Bonchev–Trinajstić information content (AvgIpc) is 3.17. The van der Waals surface area contributed by atoms with Crippen LogP contribution in [0, 0.1) is 0 Å². The van der Waals surface area contributed by atoms with Gasteiger partial charge in [0, 0.05) is 25.6 Å². The molecule has 1 aliphatic heterocycles. The second kappa shape index (κ2) is 7.91. The number of carbonyl (C=O) groups is 1. The Morgan fingerprint density at radius 2 is 1.96 bits per heavy atom. The van der Waals surface area contributed by atoms with Crippen LogP contribution >= 0.6 is 0 Å². The standard InChI is InChI=1S/C20H22N2O4/c1-22(13-14-7-5-4-6-8-14)20(23)19-12-17(21-26-19)16-11-15(24-2)9-10-18(16)25-3/h4-11,19H,12-13H2,1-3H3/t19-/m0/s1. The van der Waals surface area contributed by atoms with Crippen LogP contribution < -0.4 is 9.47 Å². The van der Waals surface area contributed by atoms with Gasteiger partial charge in [0.25, 0.3) is 5.91 Å². The number of benzene rings is 2. The number of methoxy groups -OCH3 is 2. The smallest absolute Gasteiger partial charge is 0.266 e. The lowest BCUT2D eigenvalue weighted by atomic mass is 10.0. The molecule has 6 heteroatoms. The van der Waals surface area contributed by atoms with Gasteiger partial charge in [-0.15, -0.1) is 0 Å². The van der Waals surface area contributed by atoms with Gasteiger partial charge in [0.1, 0.15) is 11.5 Å². The van der Waals surface area contributed by atoms with Crippen molar-refractivity contribution in [2.45, 2.75) is 19.1 Å². The van der Waals surface area contributed by atoms with E-state index in [2.05, 4.69) is 5.16 Å². The Bertz CT molecular complexity index is 805. The number of rotatable bonds is 6. The molecule has 1 aliphatic rings. The largest absolute Gasteiger partial charge is 0.497 e. The minimum Gasteiger partial charge on any atom is -0.497 e. The van der Waals surface area contributed by atoms with E-state index in [4.69, 9.17) is 14.3 Å². The number of hydrogen-bond acceptors (Lipinski definition) is 5. The van der Waals surface area contributed by atoms with Gasteiger partial charge in [-0.25, -0.2) is 0 Å². The number of carbonyl (C=O) groups excluding carboxylic acids is 1. The molecular weight excluding hydrogens is 332 g/mol. The molecule has 0 aromatic heterocycles. The van der Waals surface area contributed by atoms with Gasteiger partial charge < -0.3 is 19.2 Å². The summed E-state index contributed by atoms with van der Waals surface area (Å²) < 4.78 is 10.7. The third-order valence-corrected chi connectivity index (χ3v) is 4.30. The molecule has 136 valence electrons. The summed E-state index contributed by atoms with van der Waals surface area (Å²) >= 11 is 0. The van der Waals surface area contributed by atoms with E-state index in [0.29, 0.717) is 30.2 Å². The van der Waals surface area contributed by atoms with Crippen molar-refractivity contribution in [3.05, 3.63) is 59.7 Å². The van der Waals surface area contributed by atoms with E-state index >= 15 is 0 Å². The van der Waals surface area contributed by atoms with E-state index in [0.717, 1.165) is 11.1 Å². The molecule has 0 N–H and O–H groups in total. The summed E-state index contributed by atoms with van der Waals surface area (Å²) in [7, 11) is 4.96. The lowest BCUT2D eigenvalue weighted by Gasteiger charge is -2.20. The molecule has 3 rings (SSSR count). The van der Waals surface area contributed by atoms with Gasteiger partial charge in [0.2, 0.25) is 6.10 Å². The van der Waals surface area contributed by atoms with Gasteiger partial charge >= 0.3 is 0 Å². The second-order valence-electron chi connectivity index (χ2n) is 6.08. The molecule has 26 heavy (non-hydrogen) atoms. The van der Waals surface area contributed by atoms with Crippen LogP contribution in [0.5, 0.6) is 11.5 Å². The van der Waals surface area contributed by atoms with Crippen LogP contribution in [0.15, 0.2) is 53.7 Å². The van der Waals surface area contributed by atoms with E-state index in [1.54, 1.807) is 26.2 Å². The summed E-state index contributed by atoms with van der Waals surface area (Å²) in [6.07, 6.45) is -0.240. The molecule has 6 nitrogen and oxygen atoms in total. The first-order chi connectivity index (χ1) is 12.6. The van der Waals surface area contributed by atoms with E-state index in [-0.39, 0.29) is 5.91 Å². The summed E-state index contributed by atoms with van der Waals surface area (Å²) in [6, 6.07) is 15.3. The zero-order valence-corrected chi connectivity index (χ0v) is 15.1. The van der Waals surface area contributed by atoms with Crippen molar-refractivity contribution in [1.29, 1.82) is 0 Å². The van der Waals surface area contributed by atoms with Gasteiger partial charge in [-0.05, 0) is 23.8 Å². The van der Waals surface area contributed by atoms with E-state index in [1.807, 2.05) is 48.5 Å². The minimum atomic E-state index is -0.630. The highest BCUT2D eigenvalue weighted by atomic mass is 16.6. The summed E-state index contributed by atoms with van der Waals surface area (Å²) in [5.74, 6) is 1.26. The van der Waals surface area contributed by atoms with Crippen molar-refractivity contribution in [1.82, 2.24) is 4.90 Å². The van der Waals surface area contributed by atoms with E-state index in [1.165, 1.54) is 0 Å². The Kier molecular flexibility index (Phi) is 5.41. The molecule has 0 saturated heterocycles. The molecular formula is C20H22N2O4. The predicted octanol–water partition coefficient (Wildman–Crippen LogP) is 2.86. The maximum Gasteiger partial charge on any atom is 0.266 e. The molecule has 1 amide bonds. The monoisotopic (exact) mass is 354 g/mol. The Hall–Kier alpha value is -3.02. The van der Waals surface area contributed by atoms with Crippen molar-refractivity contribution in [2.24, 2.45) is 5.16 Å². The number of amides is 1. The Balaban J connectivity index is 1.69. The highest BCUT2D eigenvalue weighted by Gasteiger charge is 2.32. The van der Waals surface area contributed by atoms with Crippen LogP contribution in [0.1, 0.15) is 17.5 Å².